The van der Waals surface area contributed by atoms with Crippen LogP contribution in [0.2, 0.25) is 10.0 Å². The van der Waals surface area contributed by atoms with Crippen LogP contribution in [0.15, 0.2) is 54.6 Å². The maximum Gasteiger partial charge on any atom is 0.240 e. The number of halogens is 2. The van der Waals surface area contributed by atoms with Crippen LogP contribution in [-0.2, 0) is 14.3 Å². The fourth-order valence-corrected chi connectivity index (χ4v) is 6.61. The highest BCUT2D eigenvalue weighted by Crippen LogP contribution is 2.62. The number of amides is 2. The van der Waals surface area contributed by atoms with Gasteiger partial charge in [-0.25, -0.2) is 4.90 Å². The van der Waals surface area contributed by atoms with Crippen molar-refractivity contribution >= 4 is 51.5 Å². The Kier molecular flexibility index (Phi) is 5.31. The Hall–Kier alpha value is -3.11. The topological polar surface area (TPSA) is 79.6 Å². The van der Waals surface area contributed by atoms with Crippen molar-refractivity contribution in [1.29, 1.82) is 5.26 Å². The van der Waals surface area contributed by atoms with Crippen LogP contribution in [0.1, 0.15) is 31.7 Å². The monoisotopic (exact) mass is 520 g/mol. The van der Waals surface area contributed by atoms with Crippen LogP contribution in [-0.4, -0.2) is 29.6 Å². The number of anilines is 1. The summed E-state index contributed by atoms with van der Waals surface area (Å²) in [5.41, 5.74) is -0.879. The summed E-state index contributed by atoms with van der Waals surface area (Å²) in [4.78, 5) is 28.9. The van der Waals surface area contributed by atoms with Gasteiger partial charge < -0.3 is 9.47 Å². The minimum atomic E-state index is -0.805. The van der Waals surface area contributed by atoms with Gasteiger partial charge in [0.1, 0.15) is 11.8 Å². The Labute approximate surface area is 218 Å². The zero-order valence-corrected chi connectivity index (χ0v) is 21.0. The molecule has 4 unspecified atom stereocenters. The number of carbonyl (C=O) groups excluding carboxylic acids is 2. The van der Waals surface area contributed by atoms with Gasteiger partial charge in [0.25, 0.3) is 0 Å². The van der Waals surface area contributed by atoms with E-state index in [1.54, 1.807) is 24.3 Å². The van der Waals surface area contributed by atoms with Crippen LogP contribution in [0, 0.1) is 23.2 Å². The van der Waals surface area contributed by atoms with Crippen LogP contribution in [0.5, 0.6) is 5.75 Å². The molecule has 3 fully saturated rings. The first-order chi connectivity index (χ1) is 17.3. The normalized spacial score (nSPS) is 28.6. The predicted molar refractivity (Wildman–Crippen MR) is 136 cm³/mol. The summed E-state index contributed by atoms with van der Waals surface area (Å²) in [6, 6.07) is 18.3. The van der Waals surface area contributed by atoms with Gasteiger partial charge in [0.05, 0.1) is 50.9 Å². The molecule has 0 spiro atoms. The average molecular weight is 521 g/mol. The molecule has 8 heteroatoms. The largest absolute Gasteiger partial charge is 0.493 e. The van der Waals surface area contributed by atoms with Crippen LogP contribution in [0.25, 0.3) is 10.8 Å². The van der Waals surface area contributed by atoms with Gasteiger partial charge in [-0.3, -0.25) is 9.59 Å². The summed E-state index contributed by atoms with van der Waals surface area (Å²) < 4.78 is 12.4. The number of hydrogen-bond acceptors (Lipinski definition) is 5. The van der Waals surface area contributed by atoms with Crippen LogP contribution < -0.4 is 9.64 Å². The number of nitrogens with zero attached hydrogens (tertiary/aromatic N) is 2. The molecule has 0 N–H and O–H groups in total. The van der Waals surface area contributed by atoms with Gasteiger partial charge >= 0.3 is 0 Å². The molecule has 3 aromatic rings. The summed E-state index contributed by atoms with van der Waals surface area (Å²) in [6.45, 7) is 2.21. The second-order valence-electron chi connectivity index (χ2n) is 9.91. The number of rotatable bonds is 5. The number of benzene rings is 3. The Balaban J connectivity index is 1.32. The molecular formula is C28H22Cl2N2O4. The second-order valence-corrected chi connectivity index (χ2v) is 10.7. The van der Waals surface area contributed by atoms with Gasteiger partial charge in [-0.15, -0.1) is 0 Å². The highest BCUT2D eigenvalue weighted by Gasteiger charge is 2.74. The summed E-state index contributed by atoms with van der Waals surface area (Å²) in [5, 5.41) is 12.4. The third-order valence-electron chi connectivity index (χ3n) is 7.96. The van der Waals surface area contributed by atoms with Crippen LogP contribution in [0.3, 0.4) is 0 Å². The van der Waals surface area contributed by atoms with Crippen molar-refractivity contribution in [3.63, 3.8) is 0 Å². The van der Waals surface area contributed by atoms with E-state index in [0.29, 0.717) is 51.7 Å². The molecule has 4 atom stereocenters. The average Bonchev–Trinajstić information content (AvgIpc) is 3.45. The van der Waals surface area contributed by atoms with E-state index in [2.05, 4.69) is 6.07 Å². The quantitative estimate of drug-likeness (QED) is 0.390. The first kappa shape index (κ1) is 23.3. The molecule has 3 aromatic carbocycles. The van der Waals surface area contributed by atoms with Gasteiger partial charge in [0.15, 0.2) is 0 Å². The van der Waals surface area contributed by atoms with E-state index < -0.39 is 23.0 Å². The van der Waals surface area contributed by atoms with Crippen LogP contribution in [0.4, 0.5) is 5.69 Å². The Bertz CT molecular complexity index is 1480. The maximum absolute atomic E-state index is 13.9. The molecule has 2 amide bonds. The van der Waals surface area contributed by atoms with Crippen molar-refractivity contribution in [2.75, 3.05) is 11.5 Å². The highest BCUT2D eigenvalue weighted by molar-refractivity contribution is 6.42. The Morgan fingerprint density at radius 1 is 1.06 bits per heavy atom. The molecule has 0 saturated carbocycles. The maximum atomic E-state index is 13.9. The van der Waals surface area contributed by atoms with E-state index in [1.165, 1.54) is 4.90 Å². The lowest BCUT2D eigenvalue weighted by molar-refractivity contribution is -0.131. The van der Waals surface area contributed by atoms with E-state index >= 15 is 0 Å². The van der Waals surface area contributed by atoms with Gasteiger partial charge in [-0.05, 0) is 43.4 Å². The van der Waals surface area contributed by atoms with E-state index in [1.807, 2.05) is 37.3 Å². The first-order valence-corrected chi connectivity index (χ1v) is 12.6. The standard InChI is InChI=1S/C28H22Cl2N2O4/c1-27-10-11-28(36-27,12-13-35-17-7-8-20(29)21(30)14-17)24-23(27)25(33)32(26(24)34)22-9-6-16-4-2-3-5-18(16)19(22)15-31/h2-9,14,23-24H,10-13H2,1H3. The van der Waals surface area contributed by atoms with Gasteiger partial charge in [0.2, 0.25) is 11.8 Å². The fourth-order valence-electron chi connectivity index (χ4n) is 6.32. The number of ether oxygens (including phenoxy) is 2. The SMILES string of the molecule is CC12CCC(CCOc3ccc(Cl)c(Cl)c3)(O1)C1C(=O)N(c3ccc4ccccc4c3C#N)C(=O)C12. The second kappa shape index (κ2) is 8.21. The summed E-state index contributed by atoms with van der Waals surface area (Å²) in [6.07, 6.45) is 1.78. The molecule has 3 heterocycles. The van der Waals surface area contributed by atoms with Crippen molar-refractivity contribution in [1.82, 2.24) is 0 Å². The predicted octanol–water partition coefficient (Wildman–Crippen LogP) is 5.91. The van der Waals surface area contributed by atoms with Crippen molar-refractivity contribution in [3.8, 4) is 11.8 Å². The lowest BCUT2D eigenvalue weighted by Crippen LogP contribution is -2.43. The first-order valence-electron chi connectivity index (χ1n) is 11.9. The van der Waals surface area contributed by atoms with Gasteiger partial charge in [0, 0.05) is 17.9 Å². The smallest absolute Gasteiger partial charge is 0.240 e. The molecular weight excluding hydrogens is 499 g/mol. The fraction of sp³-hybridized carbons (Fsp3) is 0.321. The third kappa shape index (κ3) is 3.27. The minimum absolute atomic E-state index is 0.290. The molecule has 3 aliphatic rings. The molecule has 0 aliphatic carbocycles. The molecule has 0 radical (unpaired) electrons. The van der Waals surface area contributed by atoms with Gasteiger partial charge in [-0.2, -0.15) is 5.26 Å². The lowest BCUT2D eigenvalue weighted by Gasteiger charge is -2.31. The van der Waals surface area contributed by atoms with Crippen LogP contribution >= 0.6 is 23.2 Å². The molecule has 6 nitrogen and oxygen atoms in total. The number of hydrogen-bond donors (Lipinski definition) is 0. The lowest BCUT2D eigenvalue weighted by atomic mass is 9.67. The summed E-state index contributed by atoms with van der Waals surface area (Å²) >= 11 is 12.1. The number of carbonyl (C=O) groups is 2. The Morgan fingerprint density at radius 3 is 2.61 bits per heavy atom. The van der Waals surface area contributed by atoms with Gasteiger partial charge in [-0.1, -0.05) is 53.5 Å². The zero-order chi connectivity index (χ0) is 25.2. The van der Waals surface area contributed by atoms with Crippen molar-refractivity contribution in [3.05, 3.63) is 70.2 Å². The van der Waals surface area contributed by atoms with Crippen molar-refractivity contribution in [2.24, 2.45) is 11.8 Å². The molecule has 3 aliphatic heterocycles. The van der Waals surface area contributed by atoms with E-state index in [-0.39, 0.29) is 18.4 Å². The number of nitriles is 1. The molecule has 0 aromatic heterocycles. The molecule has 6 rings (SSSR count). The minimum Gasteiger partial charge on any atom is -0.493 e. The molecule has 36 heavy (non-hydrogen) atoms. The third-order valence-corrected chi connectivity index (χ3v) is 8.70. The van der Waals surface area contributed by atoms with Crippen molar-refractivity contribution in [2.45, 2.75) is 37.4 Å². The molecule has 2 bridgehead atoms. The summed E-state index contributed by atoms with van der Waals surface area (Å²) in [7, 11) is 0. The summed E-state index contributed by atoms with van der Waals surface area (Å²) in [5.74, 6) is -1.26. The number of imide groups is 1. The number of fused-ring (bicyclic) bond motifs is 6. The molecule has 3 saturated heterocycles. The van der Waals surface area contributed by atoms with E-state index in [0.717, 1.165) is 5.39 Å². The van der Waals surface area contributed by atoms with E-state index in [9.17, 15) is 14.9 Å². The highest BCUT2D eigenvalue weighted by atomic mass is 35.5. The zero-order valence-electron chi connectivity index (χ0n) is 19.5. The Morgan fingerprint density at radius 2 is 1.83 bits per heavy atom. The van der Waals surface area contributed by atoms with E-state index in [4.69, 9.17) is 32.7 Å². The molecule has 182 valence electrons. The van der Waals surface area contributed by atoms with Crippen molar-refractivity contribution < 1.29 is 19.1 Å².